The van der Waals surface area contributed by atoms with Gasteiger partial charge in [0.25, 0.3) is 11.6 Å². The number of nitrogen functional groups attached to an aromatic ring is 1. The van der Waals surface area contributed by atoms with Gasteiger partial charge in [0.15, 0.2) is 4.34 Å². The number of thiophene rings is 1. The molecule has 0 unspecified atom stereocenters. The van der Waals surface area contributed by atoms with Crippen LogP contribution < -0.4 is 10.6 Å². The number of hydrogen-bond acceptors (Lipinski definition) is 6. The van der Waals surface area contributed by atoms with E-state index in [1.165, 1.54) is 13.0 Å². The number of rotatable bonds is 3. The maximum absolute atomic E-state index is 12.5. The number of nitrogens with zero attached hydrogens (tertiary/aromatic N) is 2. The largest absolute Gasteiger partial charge is 0.399 e. The van der Waals surface area contributed by atoms with Crippen LogP contribution in [0, 0.1) is 10.1 Å². The number of benzene rings is 1. The van der Waals surface area contributed by atoms with Gasteiger partial charge in [-0.25, -0.2) is 4.90 Å². The Morgan fingerprint density at radius 1 is 1.36 bits per heavy atom. The van der Waals surface area contributed by atoms with Crippen molar-refractivity contribution in [3.63, 3.8) is 0 Å². The summed E-state index contributed by atoms with van der Waals surface area (Å²) in [7, 11) is 0. The summed E-state index contributed by atoms with van der Waals surface area (Å²) >= 11 is 6.49. The molecule has 2 aromatic rings. The fourth-order valence-electron chi connectivity index (χ4n) is 1.81. The van der Waals surface area contributed by atoms with E-state index in [2.05, 4.69) is 0 Å². The normalized spacial score (nSPS) is 10.3. The van der Waals surface area contributed by atoms with E-state index in [1.54, 1.807) is 18.2 Å². The van der Waals surface area contributed by atoms with Crippen molar-refractivity contribution >= 4 is 51.8 Å². The van der Waals surface area contributed by atoms with Gasteiger partial charge in [-0.3, -0.25) is 19.7 Å². The van der Waals surface area contributed by atoms with E-state index in [-0.39, 0.29) is 20.6 Å². The fraction of sp³-hybridized carbons (Fsp3) is 0.0769. The maximum Gasteiger partial charge on any atom is 0.299 e. The molecule has 0 fully saturated rings. The van der Waals surface area contributed by atoms with E-state index in [1.807, 2.05) is 0 Å². The number of amides is 2. The molecule has 0 saturated carbocycles. The zero-order valence-electron chi connectivity index (χ0n) is 11.3. The maximum atomic E-state index is 12.5. The topological polar surface area (TPSA) is 107 Å². The van der Waals surface area contributed by atoms with Gasteiger partial charge in [-0.15, -0.1) is 11.3 Å². The summed E-state index contributed by atoms with van der Waals surface area (Å²) in [6, 6.07) is 7.26. The molecular formula is C13H10ClN3O4S. The second-order valence-corrected chi connectivity index (χ2v) is 5.94. The van der Waals surface area contributed by atoms with Gasteiger partial charge in [-0.2, -0.15) is 0 Å². The van der Waals surface area contributed by atoms with Gasteiger partial charge in [0.05, 0.1) is 10.6 Å². The molecule has 1 heterocycles. The molecule has 0 bridgehead atoms. The van der Waals surface area contributed by atoms with Crippen molar-refractivity contribution in [2.75, 3.05) is 10.6 Å². The predicted molar refractivity (Wildman–Crippen MR) is 84.3 cm³/mol. The van der Waals surface area contributed by atoms with Crippen LogP contribution in [0.25, 0.3) is 0 Å². The number of carbonyl (C=O) groups is 2. The molecule has 1 aromatic carbocycles. The van der Waals surface area contributed by atoms with E-state index < -0.39 is 16.7 Å². The lowest BCUT2D eigenvalue weighted by Gasteiger charge is -2.18. The molecule has 0 aliphatic carbocycles. The molecule has 9 heteroatoms. The fourth-order valence-corrected chi connectivity index (χ4v) is 2.96. The summed E-state index contributed by atoms with van der Waals surface area (Å²) in [4.78, 5) is 35.3. The molecule has 22 heavy (non-hydrogen) atoms. The number of imide groups is 1. The third kappa shape index (κ3) is 3.07. The first-order valence-corrected chi connectivity index (χ1v) is 7.15. The molecule has 1 aromatic heterocycles. The van der Waals surface area contributed by atoms with Crippen molar-refractivity contribution in [1.82, 2.24) is 0 Å². The lowest BCUT2D eigenvalue weighted by atomic mass is 10.2. The second-order valence-electron chi connectivity index (χ2n) is 4.28. The summed E-state index contributed by atoms with van der Waals surface area (Å²) in [6.45, 7) is 1.21. The molecular weight excluding hydrogens is 330 g/mol. The highest BCUT2D eigenvalue weighted by molar-refractivity contribution is 7.18. The minimum Gasteiger partial charge on any atom is -0.399 e. The van der Waals surface area contributed by atoms with E-state index in [9.17, 15) is 19.7 Å². The summed E-state index contributed by atoms with van der Waals surface area (Å²) in [5, 5.41) is 10.8. The average Bonchev–Trinajstić information content (AvgIpc) is 2.81. The van der Waals surface area contributed by atoms with E-state index in [0.717, 1.165) is 22.3 Å². The van der Waals surface area contributed by atoms with Crippen LogP contribution in [0.4, 0.5) is 17.1 Å². The number of anilines is 2. The zero-order chi connectivity index (χ0) is 16.4. The third-order valence-corrected chi connectivity index (χ3v) is 4.05. The zero-order valence-corrected chi connectivity index (χ0v) is 12.9. The Balaban J connectivity index is 2.45. The highest BCUT2D eigenvalue weighted by Gasteiger charge is 2.27. The molecule has 7 nitrogen and oxygen atoms in total. The van der Waals surface area contributed by atoms with Gasteiger partial charge in [0, 0.05) is 18.7 Å². The number of nitrogens with two attached hydrogens (primary N) is 1. The molecule has 2 amide bonds. The second kappa shape index (κ2) is 6.12. The van der Waals surface area contributed by atoms with Crippen molar-refractivity contribution in [2.24, 2.45) is 0 Å². The molecule has 0 saturated heterocycles. The first-order valence-electron chi connectivity index (χ1n) is 5.95. The average molecular weight is 340 g/mol. The van der Waals surface area contributed by atoms with Gasteiger partial charge in [0.1, 0.15) is 4.88 Å². The third-order valence-electron chi connectivity index (χ3n) is 2.72. The molecule has 0 atom stereocenters. The summed E-state index contributed by atoms with van der Waals surface area (Å²) in [5.74, 6) is -1.24. The van der Waals surface area contributed by atoms with Crippen LogP contribution in [0.15, 0.2) is 30.3 Å². The number of nitro groups is 1. The highest BCUT2D eigenvalue weighted by Crippen LogP contribution is 2.35. The lowest BCUT2D eigenvalue weighted by Crippen LogP contribution is -2.34. The Morgan fingerprint density at radius 3 is 2.55 bits per heavy atom. The quantitative estimate of drug-likeness (QED) is 0.525. The summed E-state index contributed by atoms with van der Waals surface area (Å²) in [6.07, 6.45) is 0. The van der Waals surface area contributed by atoms with Crippen molar-refractivity contribution in [2.45, 2.75) is 6.92 Å². The smallest absolute Gasteiger partial charge is 0.299 e. The molecule has 0 aliphatic heterocycles. The van der Waals surface area contributed by atoms with Crippen molar-refractivity contribution in [3.05, 3.63) is 49.7 Å². The molecule has 0 spiro atoms. The molecule has 0 aliphatic rings. The number of hydrogen-bond donors (Lipinski definition) is 1. The van der Waals surface area contributed by atoms with Crippen LogP contribution in [0.1, 0.15) is 16.6 Å². The molecule has 114 valence electrons. The Labute approximate surface area is 134 Å². The highest BCUT2D eigenvalue weighted by atomic mass is 35.5. The monoisotopic (exact) mass is 339 g/mol. The van der Waals surface area contributed by atoms with E-state index >= 15 is 0 Å². The van der Waals surface area contributed by atoms with E-state index in [4.69, 9.17) is 17.3 Å². The van der Waals surface area contributed by atoms with Crippen LogP contribution in [0.3, 0.4) is 0 Å². The van der Waals surface area contributed by atoms with E-state index in [0.29, 0.717) is 5.69 Å². The predicted octanol–water partition coefficient (Wildman–Crippen LogP) is 3.09. The van der Waals surface area contributed by atoms with Gasteiger partial charge in [-0.05, 0) is 18.2 Å². The standard InChI is InChI=1S/C13H10ClN3O4S/c1-7(18)16(9-4-2-3-8(15)5-9)13(19)11-6-10(17(20)21)12(14)22-11/h2-6H,15H2,1H3. The van der Waals surface area contributed by atoms with Crippen LogP contribution in [0.5, 0.6) is 0 Å². The summed E-state index contributed by atoms with van der Waals surface area (Å²) in [5.41, 5.74) is 5.94. The van der Waals surface area contributed by atoms with Gasteiger partial charge < -0.3 is 5.73 Å². The van der Waals surface area contributed by atoms with Gasteiger partial charge >= 0.3 is 0 Å². The molecule has 2 rings (SSSR count). The Bertz CT molecular complexity index is 774. The first kappa shape index (κ1) is 15.9. The number of carbonyl (C=O) groups excluding carboxylic acids is 2. The summed E-state index contributed by atoms with van der Waals surface area (Å²) < 4.78 is -0.121. The van der Waals surface area contributed by atoms with Crippen LogP contribution in [0.2, 0.25) is 4.34 Å². The van der Waals surface area contributed by atoms with Crippen LogP contribution >= 0.6 is 22.9 Å². The lowest BCUT2D eigenvalue weighted by molar-refractivity contribution is -0.384. The first-order chi connectivity index (χ1) is 10.3. The minimum absolute atomic E-state index is 0.00526. The minimum atomic E-state index is -0.696. The Morgan fingerprint density at radius 2 is 2.05 bits per heavy atom. The number of halogens is 1. The SMILES string of the molecule is CC(=O)N(C(=O)c1cc([N+](=O)[O-])c(Cl)s1)c1cccc(N)c1. The Hall–Kier alpha value is -2.45. The van der Waals surface area contributed by atoms with Gasteiger partial charge in [-0.1, -0.05) is 17.7 Å². The van der Waals surface area contributed by atoms with Crippen molar-refractivity contribution < 1.29 is 14.5 Å². The van der Waals surface area contributed by atoms with Crippen molar-refractivity contribution in [3.8, 4) is 0 Å². The molecule has 2 N–H and O–H groups in total. The van der Waals surface area contributed by atoms with Crippen LogP contribution in [-0.4, -0.2) is 16.7 Å². The van der Waals surface area contributed by atoms with Crippen molar-refractivity contribution in [1.29, 1.82) is 0 Å². The molecule has 0 radical (unpaired) electrons. The Kier molecular flexibility index (Phi) is 4.43. The van der Waals surface area contributed by atoms with Gasteiger partial charge in [0.2, 0.25) is 5.91 Å². The van der Waals surface area contributed by atoms with Crippen LogP contribution in [-0.2, 0) is 4.79 Å².